The summed E-state index contributed by atoms with van der Waals surface area (Å²) in [6.07, 6.45) is -0.445. The average molecular weight is 293 g/mol. The number of rotatable bonds is 7. The summed E-state index contributed by atoms with van der Waals surface area (Å²) in [6.45, 7) is 0.737. The van der Waals surface area contributed by atoms with Crippen LogP contribution in [0.2, 0.25) is 0 Å². The van der Waals surface area contributed by atoms with Crippen molar-refractivity contribution in [2.24, 2.45) is 5.73 Å². The smallest absolute Gasteiger partial charge is 0.326 e. The fourth-order valence-corrected chi connectivity index (χ4v) is 1.77. The number of primary amides is 1. The van der Waals surface area contributed by atoms with E-state index in [1.54, 1.807) is 24.3 Å². The number of carboxylic acid groups (broad SMARTS) is 1. The number of benzene rings is 1. The van der Waals surface area contributed by atoms with Crippen molar-refractivity contribution >= 4 is 17.8 Å². The summed E-state index contributed by atoms with van der Waals surface area (Å²) >= 11 is 0. The van der Waals surface area contributed by atoms with Gasteiger partial charge in [0.25, 0.3) is 5.91 Å². The van der Waals surface area contributed by atoms with E-state index in [9.17, 15) is 14.4 Å². The van der Waals surface area contributed by atoms with Crippen molar-refractivity contribution in [1.29, 1.82) is 0 Å². The third kappa shape index (κ3) is 5.62. The number of nitrogens with two attached hydrogens (primary N) is 1. The van der Waals surface area contributed by atoms with Gasteiger partial charge in [-0.15, -0.1) is 0 Å². The molecule has 0 saturated carbocycles. The number of nitrogens with zero attached hydrogens (tertiary/aromatic N) is 1. The number of carbonyl (C=O) groups excluding carboxylic acids is 2. The molecule has 1 rings (SSSR count). The minimum absolute atomic E-state index is 0.327. The molecule has 0 radical (unpaired) electrons. The summed E-state index contributed by atoms with van der Waals surface area (Å²) in [4.78, 5) is 35.7. The van der Waals surface area contributed by atoms with Crippen LogP contribution in [0.4, 0.5) is 0 Å². The van der Waals surface area contributed by atoms with Gasteiger partial charge in [-0.05, 0) is 31.8 Å². The topological polar surface area (TPSA) is 113 Å². The lowest BCUT2D eigenvalue weighted by atomic mass is 10.1. The van der Waals surface area contributed by atoms with Gasteiger partial charge < -0.3 is 21.1 Å². The maximum absolute atomic E-state index is 11.9. The van der Waals surface area contributed by atoms with E-state index in [0.29, 0.717) is 5.56 Å². The molecule has 7 heteroatoms. The van der Waals surface area contributed by atoms with Gasteiger partial charge in [0.1, 0.15) is 6.04 Å². The van der Waals surface area contributed by atoms with E-state index < -0.39 is 30.2 Å². The minimum Gasteiger partial charge on any atom is -0.480 e. The number of carboxylic acids is 1. The molecule has 4 N–H and O–H groups in total. The van der Waals surface area contributed by atoms with Crippen molar-refractivity contribution in [2.75, 3.05) is 14.1 Å². The highest BCUT2D eigenvalue weighted by Gasteiger charge is 2.22. The molecule has 0 saturated heterocycles. The number of amides is 2. The van der Waals surface area contributed by atoms with E-state index in [2.05, 4.69) is 5.32 Å². The summed E-state index contributed by atoms with van der Waals surface area (Å²) in [5.41, 5.74) is 6.31. The lowest BCUT2D eigenvalue weighted by Gasteiger charge is -2.13. The molecule has 0 aliphatic rings. The Morgan fingerprint density at radius 1 is 1.24 bits per heavy atom. The Labute approximate surface area is 122 Å². The second-order valence-corrected chi connectivity index (χ2v) is 4.97. The quantitative estimate of drug-likeness (QED) is 0.645. The van der Waals surface area contributed by atoms with Crippen LogP contribution < -0.4 is 11.1 Å². The standard InChI is InChI=1S/C14H19N3O4/c1-17(2)8-9-3-5-10(6-4-9)13(19)16-11(14(20)21)7-12(15)18/h3-6,11H,7-8H2,1-2H3,(H2,15,18)(H,16,19)(H,20,21). The fraction of sp³-hybridized carbons (Fsp3) is 0.357. The molecule has 1 aromatic carbocycles. The van der Waals surface area contributed by atoms with Crippen LogP contribution in [0, 0.1) is 0 Å². The van der Waals surface area contributed by atoms with Crippen LogP contribution in [0.5, 0.6) is 0 Å². The van der Waals surface area contributed by atoms with E-state index in [0.717, 1.165) is 12.1 Å². The number of nitrogens with one attached hydrogen (secondary N) is 1. The number of aliphatic carboxylic acids is 1. The van der Waals surface area contributed by atoms with Gasteiger partial charge in [-0.2, -0.15) is 0 Å². The van der Waals surface area contributed by atoms with Crippen molar-refractivity contribution in [2.45, 2.75) is 19.0 Å². The van der Waals surface area contributed by atoms with Crippen molar-refractivity contribution in [3.63, 3.8) is 0 Å². The molecule has 0 aliphatic carbocycles. The van der Waals surface area contributed by atoms with Gasteiger partial charge in [0.2, 0.25) is 5.91 Å². The Morgan fingerprint density at radius 3 is 2.24 bits per heavy atom. The van der Waals surface area contributed by atoms with Gasteiger partial charge in [-0.1, -0.05) is 12.1 Å². The van der Waals surface area contributed by atoms with Crippen LogP contribution in [0.3, 0.4) is 0 Å². The van der Waals surface area contributed by atoms with Crippen molar-refractivity contribution in [3.05, 3.63) is 35.4 Å². The zero-order valence-corrected chi connectivity index (χ0v) is 12.0. The van der Waals surface area contributed by atoms with Crippen molar-refractivity contribution in [3.8, 4) is 0 Å². The Balaban J connectivity index is 2.73. The normalized spacial score (nSPS) is 12.0. The molecule has 0 spiro atoms. The molecule has 2 amide bonds. The predicted molar refractivity (Wildman–Crippen MR) is 76.5 cm³/mol. The Hall–Kier alpha value is -2.41. The van der Waals surface area contributed by atoms with Crippen LogP contribution in [-0.4, -0.2) is 47.9 Å². The van der Waals surface area contributed by atoms with E-state index in [-0.39, 0.29) is 0 Å². The Morgan fingerprint density at radius 2 is 1.81 bits per heavy atom. The van der Waals surface area contributed by atoms with Gasteiger partial charge in [0, 0.05) is 12.1 Å². The molecular weight excluding hydrogens is 274 g/mol. The van der Waals surface area contributed by atoms with Gasteiger partial charge in [-0.3, -0.25) is 9.59 Å². The van der Waals surface area contributed by atoms with Crippen LogP contribution in [0.15, 0.2) is 24.3 Å². The molecule has 0 heterocycles. The molecular formula is C14H19N3O4. The highest BCUT2D eigenvalue weighted by molar-refractivity contribution is 5.97. The third-order valence-electron chi connectivity index (χ3n) is 2.72. The molecule has 0 aromatic heterocycles. The molecule has 1 unspecified atom stereocenters. The van der Waals surface area contributed by atoms with Gasteiger partial charge in [0.15, 0.2) is 0 Å². The average Bonchev–Trinajstić information content (AvgIpc) is 2.37. The van der Waals surface area contributed by atoms with E-state index >= 15 is 0 Å². The van der Waals surface area contributed by atoms with Gasteiger partial charge in [-0.25, -0.2) is 4.79 Å². The first-order valence-electron chi connectivity index (χ1n) is 6.35. The minimum atomic E-state index is -1.32. The maximum Gasteiger partial charge on any atom is 0.326 e. The van der Waals surface area contributed by atoms with Crippen LogP contribution >= 0.6 is 0 Å². The third-order valence-corrected chi connectivity index (χ3v) is 2.72. The van der Waals surface area contributed by atoms with Crippen molar-refractivity contribution < 1.29 is 19.5 Å². The van der Waals surface area contributed by atoms with E-state index in [1.165, 1.54) is 0 Å². The second kappa shape index (κ2) is 7.39. The zero-order valence-electron chi connectivity index (χ0n) is 12.0. The molecule has 1 aromatic rings. The predicted octanol–water partition coefficient (Wildman–Crippen LogP) is -0.193. The second-order valence-electron chi connectivity index (χ2n) is 4.97. The monoisotopic (exact) mass is 293 g/mol. The first-order valence-corrected chi connectivity index (χ1v) is 6.35. The highest BCUT2D eigenvalue weighted by Crippen LogP contribution is 2.07. The highest BCUT2D eigenvalue weighted by atomic mass is 16.4. The fourth-order valence-electron chi connectivity index (χ4n) is 1.77. The molecule has 114 valence electrons. The summed E-state index contributed by atoms with van der Waals surface area (Å²) in [5, 5.41) is 11.2. The van der Waals surface area contributed by atoms with Gasteiger partial charge >= 0.3 is 5.97 Å². The van der Waals surface area contributed by atoms with E-state index in [1.807, 2.05) is 19.0 Å². The maximum atomic E-state index is 11.9. The first kappa shape index (κ1) is 16.6. The van der Waals surface area contributed by atoms with E-state index in [4.69, 9.17) is 10.8 Å². The number of hydrogen-bond donors (Lipinski definition) is 3. The molecule has 7 nitrogen and oxygen atoms in total. The lowest BCUT2D eigenvalue weighted by Crippen LogP contribution is -2.43. The first-order chi connectivity index (χ1) is 9.79. The zero-order chi connectivity index (χ0) is 16.0. The van der Waals surface area contributed by atoms with Crippen LogP contribution in [-0.2, 0) is 16.1 Å². The van der Waals surface area contributed by atoms with Crippen molar-refractivity contribution in [1.82, 2.24) is 10.2 Å². The summed E-state index contributed by atoms with van der Waals surface area (Å²) in [5.74, 6) is -2.64. The molecule has 0 fully saturated rings. The molecule has 21 heavy (non-hydrogen) atoms. The number of carbonyl (C=O) groups is 3. The molecule has 0 bridgehead atoms. The largest absolute Gasteiger partial charge is 0.480 e. The Bertz CT molecular complexity index is 526. The number of hydrogen-bond acceptors (Lipinski definition) is 4. The lowest BCUT2D eigenvalue weighted by molar-refractivity contribution is -0.140. The summed E-state index contributed by atoms with van der Waals surface area (Å²) in [7, 11) is 3.86. The van der Waals surface area contributed by atoms with Crippen LogP contribution in [0.25, 0.3) is 0 Å². The van der Waals surface area contributed by atoms with Crippen LogP contribution in [0.1, 0.15) is 22.3 Å². The SMILES string of the molecule is CN(C)Cc1ccc(C(=O)NC(CC(N)=O)C(=O)O)cc1. The summed E-state index contributed by atoms with van der Waals surface area (Å²) < 4.78 is 0. The summed E-state index contributed by atoms with van der Waals surface area (Å²) in [6, 6.07) is 5.48. The van der Waals surface area contributed by atoms with Gasteiger partial charge in [0.05, 0.1) is 6.42 Å². The Kier molecular flexibility index (Phi) is 5.86. The molecule has 1 atom stereocenters. The molecule has 0 aliphatic heterocycles.